The van der Waals surface area contributed by atoms with Crippen molar-refractivity contribution in [2.75, 3.05) is 19.8 Å². The fourth-order valence-electron chi connectivity index (χ4n) is 0.893. The average molecular weight is 155 g/mol. The first-order chi connectivity index (χ1) is 5.34. The monoisotopic (exact) mass is 155 g/mol. The van der Waals surface area contributed by atoms with E-state index in [1.54, 1.807) is 11.1 Å². The molecule has 0 fully saturated rings. The molecule has 0 aromatic rings. The Morgan fingerprint density at radius 3 is 3.18 bits per heavy atom. The van der Waals surface area contributed by atoms with Gasteiger partial charge in [0.05, 0.1) is 6.67 Å². The lowest BCUT2D eigenvalue weighted by atomic mass is 10.5. The van der Waals surface area contributed by atoms with Crippen LogP contribution >= 0.6 is 0 Å². The van der Waals surface area contributed by atoms with Crippen LogP contribution in [-0.2, 0) is 0 Å². The zero-order valence-electron chi connectivity index (χ0n) is 6.63. The quantitative estimate of drug-likeness (QED) is 0.563. The first-order valence-electron chi connectivity index (χ1n) is 3.76. The number of hydrogen-bond donors (Lipinski definition) is 2. The molecule has 0 saturated carbocycles. The van der Waals surface area contributed by atoms with Crippen molar-refractivity contribution in [1.29, 1.82) is 0 Å². The van der Waals surface area contributed by atoms with Crippen LogP contribution in [0.1, 0.15) is 6.92 Å². The van der Waals surface area contributed by atoms with Crippen molar-refractivity contribution in [2.24, 2.45) is 0 Å². The van der Waals surface area contributed by atoms with Crippen molar-refractivity contribution in [2.45, 2.75) is 6.92 Å². The highest BCUT2D eigenvalue weighted by molar-refractivity contribution is 5.75. The molecule has 0 bridgehead atoms. The summed E-state index contributed by atoms with van der Waals surface area (Å²) in [5.41, 5.74) is 0. The topological polar surface area (TPSA) is 44.4 Å². The van der Waals surface area contributed by atoms with Gasteiger partial charge in [-0.2, -0.15) is 0 Å². The summed E-state index contributed by atoms with van der Waals surface area (Å²) in [7, 11) is 0. The molecule has 2 amide bonds. The number of nitrogens with zero attached hydrogens (tertiary/aromatic N) is 1. The van der Waals surface area contributed by atoms with Gasteiger partial charge in [-0.05, 0) is 6.92 Å². The number of amides is 2. The number of urea groups is 1. The number of carbonyl (C=O) groups is 1. The number of carbonyl (C=O) groups excluding carboxylic acids is 1. The lowest BCUT2D eigenvalue weighted by molar-refractivity contribution is 0.211. The van der Waals surface area contributed by atoms with E-state index >= 15 is 0 Å². The zero-order valence-corrected chi connectivity index (χ0v) is 6.63. The molecular weight excluding hydrogens is 142 g/mol. The van der Waals surface area contributed by atoms with Gasteiger partial charge < -0.3 is 5.32 Å². The van der Waals surface area contributed by atoms with Crippen LogP contribution in [0.15, 0.2) is 12.3 Å². The molecule has 0 aliphatic carbocycles. The molecule has 0 saturated heterocycles. The lowest BCUT2D eigenvalue weighted by Gasteiger charge is -2.21. The van der Waals surface area contributed by atoms with Gasteiger partial charge in [-0.3, -0.25) is 10.2 Å². The van der Waals surface area contributed by atoms with Crippen LogP contribution in [0.3, 0.4) is 0 Å². The third-order valence-electron chi connectivity index (χ3n) is 1.42. The van der Waals surface area contributed by atoms with E-state index in [4.69, 9.17) is 0 Å². The highest BCUT2D eigenvalue weighted by Crippen LogP contribution is 1.92. The summed E-state index contributed by atoms with van der Waals surface area (Å²) >= 11 is 0. The van der Waals surface area contributed by atoms with Gasteiger partial charge in [0.1, 0.15) is 0 Å². The predicted octanol–water partition coefficient (Wildman–Crippen LogP) is 0.0923. The van der Waals surface area contributed by atoms with Gasteiger partial charge in [0.2, 0.25) is 0 Å². The predicted molar refractivity (Wildman–Crippen MR) is 42.9 cm³/mol. The number of rotatable bonds is 1. The molecule has 0 aromatic carbocycles. The molecule has 1 aliphatic heterocycles. The second-order valence-corrected chi connectivity index (χ2v) is 2.30. The maximum absolute atomic E-state index is 11.1. The van der Waals surface area contributed by atoms with Crippen LogP contribution in [0.2, 0.25) is 0 Å². The lowest BCUT2D eigenvalue weighted by Crippen LogP contribution is -2.43. The van der Waals surface area contributed by atoms with Gasteiger partial charge in [-0.15, -0.1) is 0 Å². The van der Waals surface area contributed by atoms with Gasteiger partial charge >= 0.3 is 6.03 Å². The Balaban J connectivity index is 2.39. The minimum atomic E-state index is -0.0454. The summed E-state index contributed by atoms with van der Waals surface area (Å²) in [4.78, 5) is 12.7. The van der Waals surface area contributed by atoms with Crippen molar-refractivity contribution in [3.05, 3.63) is 12.3 Å². The van der Waals surface area contributed by atoms with Crippen molar-refractivity contribution in [3.8, 4) is 0 Å². The summed E-state index contributed by atoms with van der Waals surface area (Å²) in [6, 6.07) is -0.0454. The third-order valence-corrected chi connectivity index (χ3v) is 1.42. The van der Waals surface area contributed by atoms with Crippen LogP contribution in [0.5, 0.6) is 0 Å². The van der Waals surface area contributed by atoms with Crippen molar-refractivity contribution >= 4 is 6.03 Å². The van der Waals surface area contributed by atoms with Crippen molar-refractivity contribution in [1.82, 2.24) is 15.5 Å². The SMILES string of the molecule is CCNC(=O)N1C=CCNC1. The maximum Gasteiger partial charge on any atom is 0.322 e. The molecule has 0 atom stereocenters. The molecule has 11 heavy (non-hydrogen) atoms. The number of nitrogens with one attached hydrogen (secondary N) is 2. The average Bonchev–Trinajstić information content (AvgIpc) is 2.07. The molecule has 1 aliphatic rings. The molecule has 4 nitrogen and oxygen atoms in total. The highest BCUT2D eigenvalue weighted by atomic mass is 16.2. The Morgan fingerprint density at radius 1 is 1.82 bits per heavy atom. The Hall–Kier alpha value is -1.03. The molecule has 4 heteroatoms. The second kappa shape index (κ2) is 3.98. The Labute approximate surface area is 66.3 Å². The Morgan fingerprint density at radius 2 is 2.64 bits per heavy atom. The van der Waals surface area contributed by atoms with E-state index in [1.165, 1.54) is 0 Å². The van der Waals surface area contributed by atoms with Crippen LogP contribution in [0.25, 0.3) is 0 Å². The van der Waals surface area contributed by atoms with Gasteiger partial charge in [-0.25, -0.2) is 4.79 Å². The first kappa shape index (κ1) is 8.07. The molecule has 1 heterocycles. The fourth-order valence-corrected chi connectivity index (χ4v) is 0.893. The van der Waals surface area contributed by atoms with Crippen LogP contribution in [-0.4, -0.2) is 30.7 Å². The highest BCUT2D eigenvalue weighted by Gasteiger charge is 2.09. The maximum atomic E-state index is 11.1. The minimum Gasteiger partial charge on any atom is -0.338 e. The van der Waals surface area contributed by atoms with E-state index in [0.717, 1.165) is 6.54 Å². The number of hydrogen-bond acceptors (Lipinski definition) is 2. The molecular formula is C7H13N3O. The van der Waals surface area contributed by atoms with Crippen LogP contribution in [0.4, 0.5) is 4.79 Å². The molecule has 0 unspecified atom stereocenters. The summed E-state index contributed by atoms with van der Waals surface area (Å²) < 4.78 is 0. The van der Waals surface area contributed by atoms with E-state index in [9.17, 15) is 4.79 Å². The molecule has 62 valence electrons. The summed E-state index contributed by atoms with van der Waals surface area (Å²) in [5.74, 6) is 0. The summed E-state index contributed by atoms with van der Waals surface area (Å²) in [5, 5.41) is 5.76. The van der Waals surface area contributed by atoms with Gasteiger partial charge in [0.15, 0.2) is 0 Å². The molecule has 2 N–H and O–H groups in total. The van der Waals surface area contributed by atoms with Crippen molar-refractivity contribution in [3.63, 3.8) is 0 Å². The van der Waals surface area contributed by atoms with Gasteiger partial charge in [-0.1, -0.05) is 6.08 Å². The van der Waals surface area contributed by atoms with Gasteiger partial charge in [0.25, 0.3) is 0 Å². The van der Waals surface area contributed by atoms with E-state index < -0.39 is 0 Å². The molecule has 1 rings (SSSR count). The normalized spacial score (nSPS) is 16.6. The van der Waals surface area contributed by atoms with E-state index in [-0.39, 0.29) is 6.03 Å². The first-order valence-corrected chi connectivity index (χ1v) is 3.76. The Kier molecular flexibility index (Phi) is 2.92. The van der Waals surface area contributed by atoms with E-state index in [0.29, 0.717) is 13.2 Å². The van der Waals surface area contributed by atoms with Crippen molar-refractivity contribution < 1.29 is 4.79 Å². The van der Waals surface area contributed by atoms with Gasteiger partial charge in [0, 0.05) is 19.3 Å². The largest absolute Gasteiger partial charge is 0.338 e. The van der Waals surface area contributed by atoms with E-state index in [1.807, 2.05) is 13.0 Å². The van der Waals surface area contributed by atoms with E-state index in [2.05, 4.69) is 10.6 Å². The second-order valence-electron chi connectivity index (χ2n) is 2.30. The van der Waals surface area contributed by atoms with Crippen LogP contribution in [0, 0.1) is 0 Å². The standard InChI is InChI=1S/C7H13N3O/c1-2-9-7(11)10-5-3-4-8-6-10/h3,5,8H,2,4,6H2,1H3,(H,9,11). The fraction of sp³-hybridized carbons (Fsp3) is 0.571. The molecule has 0 radical (unpaired) electrons. The summed E-state index contributed by atoms with van der Waals surface area (Å²) in [6.07, 6.45) is 3.71. The molecule has 0 spiro atoms. The smallest absolute Gasteiger partial charge is 0.322 e. The van der Waals surface area contributed by atoms with Crippen LogP contribution < -0.4 is 10.6 Å². The Bertz CT molecular complexity index is 167. The summed E-state index contributed by atoms with van der Waals surface area (Å²) in [6.45, 7) is 4.01. The zero-order chi connectivity index (χ0) is 8.10. The molecule has 0 aromatic heterocycles. The third kappa shape index (κ3) is 2.23. The minimum absolute atomic E-state index is 0.0454.